The minimum Gasteiger partial charge on any atom is -0.339 e. The second kappa shape index (κ2) is 7.19. The van der Waals surface area contributed by atoms with E-state index in [4.69, 9.17) is 0 Å². The summed E-state index contributed by atoms with van der Waals surface area (Å²) in [5, 5.41) is 0. The van der Waals surface area contributed by atoms with Gasteiger partial charge in [0.15, 0.2) is 0 Å². The van der Waals surface area contributed by atoms with Crippen molar-refractivity contribution in [1.29, 1.82) is 0 Å². The highest BCUT2D eigenvalue weighted by atomic mass is 32.1. The summed E-state index contributed by atoms with van der Waals surface area (Å²) in [6.45, 7) is 7.02. The largest absolute Gasteiger partial charge is 0.339 e. The highest BCUT2D eigenvalue weighted by Gasteiger charge is 2.24. The van der Waals surface area contributed by atoms with Gasteiger partial charge in [-0.15, -0.1) is 11.3 Å². The molecule has 4 rings (SSSR count). The number of likely N-dealkylation sites (tertiary alicyclic amines) is 1. The molecule has 136 valence electrons. The van der Waals surface area contributed by atoms with Crippen LogP contribution in [0.25, 0.3) is 10.2 Å². The van der Waals surface area contributed by atoms with Crippen molar-refractivity contribution in [2.75, 3.05) is 13.1 Å². The van der Waals surface area contributed by atoms with E-state index < -0.39 is 0 Å². The molecule has 2 aromatic heterocycles. The molecule has 5 nitrogen and oxygen atoms in total. The predicted octanol–water partition coefficient (Wildman–Crippen LogP) is 4.17. The van der Waals surface area contributed by atoms with Crippen LogP contribution in [0.3, 0.4) is 0 Å². The third-order valence-corrected chi connectivity index (χ3v) is 5.99. The summed E-state index contributed by atoms with van der Waals surface area (Å²) in [7, 11) is 0. The molecule has 0 atom stereocenters. The second-order valence-corrected chi connectivity index (χ2v) is 8.25. The Balaban J connectivity index is 1.38. The molecule has 1 amide bonds. The van der Waals surface area contributed by atoms with Gasteiger partial charge in [-0.05, 0) is 37.0 Å². The number of thiazole rings is 1. The summed E-state index contributed by atoms with van der Waals surface area (Å²) < 4.78 is 3.36. The zero-order valence-electron chi connectivity index (χ0n) is 15.3. The Morgan fingerprint density at radius 2 is 2.08 bits per heavy atom. The Labute approximate surface area is 157 Å². The summed E-state index contributed by atoms with van der Waals surface area (Å²) in [6, 6.07) is 5.82. The van der Waals surface area contributed by atoms with Crippen LogP contribution in [0.1, 0.15) is 48.8 Å². The number of rotatable bonds is 4. The van der Waals surface area contributed by atoms with Gasteiger partial charge in [-0.25, -0.2) is 9.97 Å². The number of carbonyl (C=O) groups is 1. The molecule has 3 heterocycles. The summed E-state index contributed by atoms with van der Waals surface area (Å²) in [6.07, 6.45) is 6.06. The van der Waals surface area contributed by atoms with Crippen LogP contribution in [-0.4, -0.2) is 38.4 Å². The van der Waals surface area contributed by atoms with E-state index in [1.54, 1.807) is 11.3 Å². The number of amides is 1. The van der Waals surface area contributed by atoms with Crippen LogP contribution in [0.4, 0.5) is 0 Å². The Kier molecular flexibility index (Phi) is 4.76. The van der Waals surface area contributed by atoms with Gasteiger partial charge in [0.2, 0.25) is 0 Å². The first-order valence-corrected chi connectivity index (χ1v) is 10.1. The summed E-state index contributed by atoms with van der Waals surface area (Å²) in [4.78, 5) is 23.6. The van der Waals surface area contributed by atoms with Gasteiger partial charge in [0.25, 0.3) is 5.91 Å². The van der Waals surface area contributed by atoms with E-state index in [-0.39, 0.29) is 5.91 Å². The Morgan fingerprint density at radius 1 is 1.27 bits per heavy atom. The zero-order chi connectivity index (χ0) is 18.1. The highest BCUT2D eigenvalue weighted by molar-refractivity contribution is 7.16. The predicted molar refractivity (Wildman–Crippen MR) is 105 cm³/mol. The van der Waals surface area contributed by atoms with Gasteiger partial charge in [0, 0.05) is 43.5 Å². The fraction of sp³-hybridized carbons (Fsp3) is 0.450. The van der Waals surface area contributed by atoms with Crippen molar-refractivity contribution in [1.82, 2.24) is 19.4 Å². The number of imidazole rings is 1. The molecule has 0 N–H and O–H groups in total. The minimum absolute atomic E-state index is 0.143. The van der Waals surface area contributed by atoms with Crippen LogP contribution in [0.15, 0.2) is 36.1 Å². The molecule has 1 saturated heterocycles. The van der Waals surface area contributed by atoms with E-state index in [0.29, 0.717) is 11.8 Å². The third kappa shape index (κ3) is 3.38. The second-order valence-electron chi connectivity index (χ2n) is 7.36. The van der Waals surface area contributed by atoms with E-state index in [0.717, 1.165) is 54.1 Å². The fourth-order valence-electron chi connectivity index (χ4n) is 3.74. The van der Waals surface area contributed by atoms with Crippen molar-refractivity contribution in [2.45, 2.75) is 39.2 Å². The smallest absolute Gasteiger partial charge is 0.253 e. The molecule has 0 bridgehead atoms. The Bertz CT molecular complexity index is 905. The first-order valence-electron chi connectivity index (χ1n) is 9.25. The standard InChI is InChI=1S/C20H24N4OS/c1-14(2)19-21-7-10-24(19)12-15-5-8-23(9-6-15)20(25)16-3-4-17-18(11-16)26-13-22-17/h3-4,7,10-11,13-15H,5-6,8-9,12H2,1-2H3. The Morgan fingerprint density at radius 3 is 2.85 bits per heavy atom. The number of carbonyl (C=O) groups excluding carboxylic acids is 1. The molecule has 0 radical (unpaired) electrons. The molecule has 0 aliphatic carbocycles. The molecular formula is C20H24N4OS. The average molecular weight is 369 g/mol. The van der Waals surface area contributed by atoms with Gasteiger partial charge in [-0.1, -0.05) is 13.8 Å². The molecular weight excluding hydrogens is 344 g/mol. The van der Waals surface area contributed by atoms with Crippen LogP contribution in [0.5, 0.6) is 0 Å². The van der Waals surface area contributed by atoms with E-state index in [1.165, 1.54) is 0 Å². The number of aromatic nitrogens is 3. The molecule has 0 spiro atoms. The normalized spacial score (nSPS) is 15.9. The van der Waals surface area contributed by atoms with Crippen LogP contribution in [-0.2, 0) is 6.54 Å². The maximum atomic E-state index is 12.8. The lowest BCUT2D eigenvalue weighted by atomic mass is 9.96. The van der Waals surface area contributed by atoms with Gasteiger partial charge < -0.3 is 9.47 Å². The molecule has 6 heteroatoms. The molecule has 0 unspecified atom stereocenters. The maximum Gasteiger partial charge on any atom is 0.253 e. The maximum absolute atomic E-state index is 12.8. The van der Waals surface area contributed by atoms with Crippen molar-refractivity contribution in [3.05, 3.63) is 47.5 Å². The van der Waals surface area contributed by atoms with Crippen LogP contribution in [0.2, 0.25) is 0 Å². The number of fused-ring (bicyclic) bond motifs is 1. The molecule has 1 aliphatic rings. The van der Waals surface area contributed by atoms with Crippen molar-refractivity contribution in [3.63, 3.8) is 0 Å². The SMILES string of the molecule is CC(C)c1nccn1CC1CCN(C(=O)c2ccc3ncsc3c2)CC1. The number of benzene rings is 1. The van der Waals surface area contributed by atoms with Gasteiger partial charge in [0.1, 0.15) is 5.82 Å². The van der Waals surface area contributed by atoms with Crippen molar-refractivity contribution >= 4 is 27.5 Å². The summed E-state index contributed by atoms with van der Waals surface area (Å²) >= 11 is 1.58. The highest BCUT2D eigenvalue weighted by Crippen LogP contribution is 2.24. The Hall–Kier alpha value is -2.21. The fourth-order valence-corrected chi connectivity index (χ4v) is 4.46. The number of hydrogen-bond acceptors (Lipinski definition) is 4. The van der Waals surface area contributed by atoms with E-state index in [1.807, 2.05) is 34.8 Å². The van der Waals surface area contributed by atoms with Crippen LogP contribution in [0, 0.1) is 5.92 Å². The number of nitrogens with zero attached hydrogens (tertiary/aromatic N) is 4. The molecule has 26 heavy (non-hydrogen) atoms. The first-order chi connectivity index (χ1) is 12.6. The molecule has 1 aliphatic heterocycles. The van der Waals surface area contributed by atoms with Crippen LogP contribution < -0.4 is 0 Å². The monoisotopic (exact) mass is 368 g/mol. The van der Waals surface area contributed by atoms with Gasteiger partial charge in [-0.2, -0.15) is 0 Å². The van der Waals surface area contributed by atoms with E-state index in [2.05, 4.69) is 34.6 Å². The molecule has 3 aromatic rings. The lowest BCUT2D eigenvalue weighted by molar-refractivity contribution is 0.0682. The quantitative estimate of drug-likeness (QED) is 0.694. The van der Waals surface area contributed by atoms with E-state index in [9.17, 15) is 4.79 Å². The minimum atomic E-state index is 0.143. The topological polar surface area (TPSA) is 51.0 Å². The molecule has 1 aromatic carbocycles. The summed E-state index contributed by atoms with van der Waals surface area (Å²) in [5.74, 6) is 2.34. The summed E-state index contributed by atoms with van der Waals surface area (Å²) in [5.41, 5.74) is 3.56. The van der Waals surface area contributed by atoms with Gasteiger partial charge in [-0.3, -0.25) is 4.79 Å². The first kappa shape index (κ1) is 17.2. The zero-order valence-corrected chi connectivity index (χ0v) is 16.1. The van der Waals surface area contributed by atoms with Crippen molar-refractivity contribution < 1.29 is 4.79 Å². The van der Waals surface area contributed by atoms with Crippen molar-refractivity contribution in [3.8, 4) is 0 Å². The lowest BCUT2D eigenvalue weighted by Crippen LogP contribution is -2.39. The average Bonchev–Trinajstić information content (AvgIpc) is 3.30. The number of piperidine rings is 1. The van der Waals surface area contributed by atoms with Gasteiger partial charge in [0.05, 0.1) is 15.7 Å². The third-order valence-electron chi connectivity index (χ3n) is 5.20. The van der Waals surface area contributed by atoms with Crippen molar-refractivity contribution in [2.24, 2.45) is 5.92 Å². The lowest BCUT2D eigenvalue weighted by Gasteiger charge is -2.32. The molecule has 0 saturated carbocycles. The van der Waals surface area contributed by atoms with Gasteiger partial charge >= 0.3 is 0 Å². The number of hydrogen-bond donors (Lipinski definition) is 0. The van der Waals surface area contributed by atoms with E-state index >= 15 is 0 Å². The van der Waals surface area contributed by atoms with Crippen LogP contribution >= 0.6 is 11.3 Å². The molecule has 1 fully saturated rings.